The predicted octanol–water partition coefficient (Wildman–Crippen LogP) is 1.39. The van der Waals surface area contributed by atoms with Crippen LogP contribution < -0.4 is 10.5 Å². The number of fused-ring (bicyclic) bond motifs is 1. The molecule has 2 aromatic rings. The van der Waals surface area contributed by atoms with E-state index in [1.54, 1.807) is 12.3 Å². The molecule has 2 rings (SSSR count). The largest absolute Gasteiger partial charge is 0.488 e. The number of nitrogens with zero attached hydrogens (tertiary/aromatic N) is 1. The molecule has 20 heavy (non-hydrogen) atoms. The Labute approximate surface area is 127 Å². The molecule has 5 N–H and O–H groups in total. The van der Waals surface area contributed by atoms with Gasteiger partial charge in [0.1, 0.15) is 24.0 Å². The van der Waals surface area contributed by atoms with E-state index in [0.29, 0.717) is 21.9 Å². The quantitative estimate of drug-likeness (QED) is 0.666. The van der Waals surface area contributed by atoms with Crippen molar-refractivity contribution in [2.45, 2.75) is 19.1 Å². The highest BCUT2D eigenvalue weighted by Gasteiger charge is 2.17. The van der Waals surface area contributed by atoms with Crippen LogP contribution in [0, 0.1) is 0 Å². The van der Waals surface area contributed by atoms with Crippen LogP contribution in [0.1, 0.15) is 18.5 Å². The zero-order valence-electron chi connectivity index (χ0n) is 10.8. The summed E-state index contributed by atoms with van der Waals surface area (Å²) in [6.07, 6.45) is 0.646. The van der Waals surface area contributed by atoms with E-state index in [2.05, 4.69) is 10.2 Å². The third-order valence-electron chi connectivity index (χ3n) is 2.79. The lowest BCUT2D eigenvalue weighted by atomic mass is 10.1. The van der Waals surface area contributed by atoms with Gasteiger partial charge in [0.15, 0.2) is 0 Å². The van der Waals surface area contributed by atoms with Crippen molar-refractivity contribution in [1.29, 1.82) is 0 Å². The number of H-pyrrole nitrogens is 1. The molecular formula is C12H17Cl2N3O3. The van der Waals surface area contributed by atoms with Gasteiger partial charge in [-0.15, -0.1) is 12.4 Å². The van der Waals surface area contributed by atoms with Gasteiger partial charge in [0, 0.05) is 17.0 Å². The normalized spacial score (nSPS) is 13.8. The fourth-order valence-electron chi connectivity index (χ4n) is 1.79. The van der Waals surface area contributed by atoms with Crippen molar-refractivity contribution < 1.29 is 14.9 Å². The van der Waals surface area contributed by atoms with Crippen molar-refractivity contribution in [3.05, 3.63) is 22.8 Å². The van der Waals surface area contributed by atoms with Crippen LogP contribution in [-0.2, 0) is 0 Å². The van der Waals surface area contributed by atoms with E-state index in [4.69, 9.17) is 27.2 Å². The number of aliphatic hydroxyl groups is 2. The average molecular weight is 322 g/mol. The predicted molar refractivity (Wildman–Crippen MR) is 79.5 cm³/mol. The second-order valence-electron chi connectivity index (χ2n) is 4.37. The van der Waals surface area contributed by atoms with Crippen LogP contribution in [0.2, 0.25) is 5.02 Å². The number of aliphatic hydroxyl groups excluding tert-OH is 2. The molecule has 1 heterocycles. The van der Waals surface area contributed by atoms with Crippen LogP contribution in [0.25, 0.3) is 10.9 Å². The molecule has 2 unspecified atom stereocenters. The molecule has 0 aliphatic rings. The minimum Gasteiger partial charge on any atom is -0.488 e. The minimum atomic E-state index is -0.949. The summed E-state index contributed by atoms with van der Waals surface area (Å²) in [5.41, 5.74) is 7.24. The number of aromatic nitrogens is 2. The molecule has 112 valence electrons. The maximum Gasteiger partial charge on any atom is 0.149 e. The second-order valence-corrected chi connectivity index (χ2v) is 4.78. The lowest BCUT2D eigenvalue weighted by molar-refractivity contribution is 0.0536. The lowest BCUT2D eigenvalue weighted by Gasteiger charge is -2.17. The topological polar surface area (TPSA) is 104 Å². The number of ether oxygens (including phenoxy) is 1. The van der Waals surface area contributed by atoms with Crippen LogP contribution in [0.15, 0.2) is 12.3 Å². The van der Waals surface area contributed by atoms with E-state index in [0.717, 1.165) is 5.39 Å². The van der Waals surface area contributed by atoms with Gasteiger partial charge in [0.2, 0.25) is 0 Å². The van der Waals surface area contributed by atoms with Gasteiger partial charge in [-0.2, -0.15) is 5.10 Å². The number of halogens is 2. The molecule has 0 aliphatic carbocycles. The van der Waals surface area contributed by atoms with Gasteiger partial charge in [-0.25, -0.2) is 0 Å². The number of hydrogen-bond donors (Lipinski definition) is 4. The van der Waals surface area contributed by atoms with Crippen molar-refractivity contribution in [2.24, 2.45) is 5.73 Å². The molecule has 0 fully saturated rings. The Morgan fingerprint density at radius 1 is 1.55 bits per heavy atom. The Bertz CT molecular complexity index is 574. The molecule has 0 saturated carbocycles. The third kappa shape index (κ3) is 3.34. The Kier molecular flexibility index (Phi) is 6.04. The van der Waals surface area contributed by atoms with E-state index in [1.165, 1.54) is 0 Å². The molecule has 1 aromatic heterocycles. The van der Waals surface area contributed by atoms with Gasteiger partial charge < -0.3 is 20.7 Å². The molecular weight excluding hydrogens is 305 g/mol. The summed E-state index contributed by atoms with van der Waals surface area (Å²) in [5, 5.41) is 26.2. The summed E-state index contributed by atoms with van der Waals surface area (Å²) in [6, 6.07) is 1.44. The number of hydrogen-bond acceptors (Lipinski definition) is 5. The number of benzene rings is 1. The first-order chi connectivity index (χ1) is 9.04. The molecule has 0 spiro atoms. The van der Waals surface area contributed by atoms with Crippen molar-refractivity contribution in [2.75, 3.05) is 13.2 Å². The Hall–Kier alpha value is -1.05. The highest BCUT2D eigenvalue weighted by atomic mass is 35.5. The summed E-state index contributed by atoms with van der Waals surface area (Å²) in [5.74, 6) is 0.499. The van der Waals surface area contributed by atoms with E-state index in [1.807, 2.05) is 6.92 Å². The van der Waals surface area contributed by atoms with Crippen molar-refractivity contribution in [3.8, 4) is 5.75 Å². The minimum absolute atomic E-state index is 0. The summed E-state index contributed by atoms with van der Waals surface area (Å²) in [4.78, 5) is 0. The fraction of sp³-hybridized carbons (Fsp3) is 0.417. The zero-order valence-corrected chi connectivity index (χ0v) is 12.4. The van der Waals surface area contributed by atoms with Crippen molar-refractivity contribution >= 4 is 34.9 Å². The Morgan fingerprint density at radius 3 is 2.85 bits per heavy atom. The summed E-state index contributed by atoms with van der Waals surface area (Å²) >= 11 is 6.15. The van der Waals surface area contributed by atoms with E-state index < -0.39 is 6.10 Å². The van der Waals surface area contributed by atoms with Crippen LogP contribution in [0.3, 0.4) is 0 Å². The maximum absolute atomic E-state index is 9.37. The second kappa shape index (κ2) is 7.10. The highest BCUT2D eigenvalue weighted by molar-refractivity contribution is 6.35. The molecule has 2 atom stereocenters. The Morgan fingerprint density at radius 2 is 2.25 bits per heavy atom. The van der Waals surface area contributed by atoms with Crippen molar-refractivity contribution in [3.63, 3.8) is 0 Å². The summed E-state index contributed by atoms with van der Waals surface area (Å²) in [7, 11) is 0. The van der Waals surface area contributed by atoms with Crippen LogP contribution in [-0.4, -0.2) is 39.7 Å². The van der Waals surface area contributed by atoms with Gasteiger partial charge in [-0.05, 0) is 13.0 Å². The standard InChI is InChI=1S/C12H16ClN3O3.ClH/c1-6(14)8-2-10(13)9-3-15-16-11(9)12(8)19-5-7(18)4-17;/h2-3,6-7,17-18H,4-5,14H2,1H3,(H,15,16);1H. The summed E-state index contributed by atoms with van der Waals surface area (Å²) < 4.78 is 5.56. The molecule has 8 heteroatoms. The molecule has 0 aliphatic heterocycles. The van der Waals surface area contributed by atoms with Crippen LogP contribution in [0.5, 0.6) is 5.75 Å². The molecule has 0 amide bonds. The van der Waals surface area contributed by atoms with E-state index >= 15 is 0 Å². The van der Waals surface area contributed by atoms with Crippen LogP contribution >= 0.6 is 24.0 Å². The van der Waals surface area contributed by atoms with E-state index in [9.17, 15) is 5.11 Å². The first-order valence-corrected chi connectivity index (χ1v) is 6.25. The molecule has 0 radical (unpaired) electrons. The van der Waals surface area contributed by atoms with Gasteiger partial charge >= 0.3 is 0 Å². The van der Waals surface area contributed by atoms with Gasteiger partial charge in [0.25, 0.3) is 0 Å². The third-order valence-corrected chi connectivity index (χ3v) is 3.10. The number of nitrogens with one attached hydrogen (secondary N) is 1. The first kappa shape index (κ1) is 17.0. The maximum atomic E-state index is 9.37. The first-order valence-electron chi connectivity index (χ1n) is 5.87. The van der Waals surface area contributed by atoms with Gasteiger partial charge in [-0.1, -0.05) is 11.6 Å². The number of rotatable bonds is 5. The van der Waals surface area contributed by atoms with Crippen molar-refractivity contribution in [1.82, 2.24) is 10.2 Å². The molecule has 1 aromatic carbocycles. The highest BCUT2D eigenvalue weighted by Crippen LogP contribution is 2.36. The molecule has 0 saturated heterocycles. The zero-order chi connectivity index (χ0) is 14.0. The smallest absolute Gasteiger partial charge is 0.149 e. The SMILES string of the molecule is CC(N)c1cc(Cl)c2cn[nH]c2c1OCC(O)CO.Cl. The summed E-state index contributed by atoms with van der Waals surface area (Å²) in [6.45, 7) is 1.41. The van der Waals surface area contributed by atoms with E-state index in [-0.39, 0.29) is 31.7 Å². The molecule has 6 nitrogen and oxygen atoms in total. The Balaban J connectivity index is 0.00000200. The van der Waals surface area contributed by atoms with Gasteiger partial charge in [0.05, 0.1) is 17.8 Å². The van der Waals surface area contributed by atoms with Crippen LogP contribution in [0.4, 0.5) is 0 Å². The van der Waals surface area contributed by atoms with Gasteiger partial charge in [-0.3, -0.25) is 5.10 Å². The molecule has 0 bridgehead atoms. The average Bonchev–Trinajstić information content (AvgIpc) is 2.86. The lowest BCUT2D eigenvalue weighted by Crippen LogP contribution is -2.22. The number of aromatic amines is 1. The fourth-order valence-corrected chi connectivity index (χ4v) is 2.05. The monoisotopic (exact) mass is 321 g/mol. The number of nitrogens with two attached hydrogens (primary N) is 1.